The molecule has 2 N–H and O–H groups in total. The average molecular weight is 417 g/mol. The Bertz CT molecular complexity index is 752. The number of guanidine groups is 1. The fourth-order valence-corrected chi connectivity index (χ4v) is 3.38. The van der Waals surface area contributed by atoms with Gasteiger partial charge in [0.2, 0.25) is 0 Å². The highest BCUT2D eigenvalue weighted by Gasteiger charge is 2.24. The first-order valence-electron chi connectivity index (χ1n) is 10.7. The van der Waals surface area contributed by atoms with Gasteiger partial charge in [0.25, 0.3) is 0 Å². The van der Waals surface area contributed by atoms with Crippen molar-refractivity contribution >= 4 is 12.1 Å². The third-order valence-corrected chi connectivity index (χ3v) is 4.98. The van der Waals surface area contributed by atoms with E-state index in [4.69, 9.17) is 14.1 Å². The van der Waals surface area contributed by atoms with Gasteiger partial charge < -0.3 is 24.7 Å². The van der Waals surface area contributed by atoms with Crippen LogP contribution in [0.3, 0.4) is 0 Å². The van der Waals surface area contributed by atoms with Gasteiger partial charge in [0.05, 0.1) is 12.9 Å². The lowest BCUT2D eigenvalue weighted by Crippen LogP contribution is -2.50. The zero-order valence-electron chi connectivity index (χ0n) is 17.6. The van der Waals surface area contributed by atoms with Gasteiger partial charge in [0, 0.05) is 57.6 Å². The Labute approximate surface area is 177 Å². The van der Waals surface area contributed by atoms with Crippen molar-refractivity contribution in [2.45, 2.75) is 45.2 Å². The van der Waals surface area contributed by atoms with Gasteiger partial charge in [-0.05, 0) is 44.4 Å². The van der Waals surface area contributed by atoms with Crippen molar-refractivity contribution in [2.75, 3.05) is 32.8 Å². The van der Waals surface area contributed by atoms with Crippen molar-refractivity contribution in [2.24, 2.45) is 4.99 Å². The molecule has 0 aliphatic carbocycles. The molecule has 0 saturated carbocycles. The molecule has 1 aliphatic rings. The monoisotopic (exact) mass is 416 g/mol. The molecule has 3 rings (SSSR count). The van der Waals surface area contributed by atoms with Crippen molar-refractivity contribution in [1.82, 2.24) is 25.3 Å². The van der Waals surface area contributed by atoms with E-state index < -0.39 is 0 Å². The van der Waals surface area contributed by atoms with E-state index in [1.807, 2.05) is 36.0 Å². The number of carbonyl (C=O) groups is 1. The van der Waals surface area contributed by atoms with E-state index in [1.54, 1.807) is 17.4 Å². The number of piperidine rings is 1. The Morgan fingerprint density at radius 1 is 1.37 bits per heavy atom. The van der Waals surface area contributed by atoms with E-state index >= 15 is 0 Å². The second-order valence-electron chi connectivity index (χ2n) is 7.21. The highest BCUT2D eigenvalue weighted by molar-refractivity contribution is 5.80. The van der Waals surface area contributed by atoms with Crippen LogP contribution in [0.2, 0.25) is 0 Å². The fraction of sp³-hybridized carbons (Fsp3) is 0.571. The van der Waals surface area contributed by atoms with Crippen molar-refractivity contribution in [1.29, 1.82) is 0 Å². The number of aryl methyl sites for hydroxylation is 1. The molecule has 164 valence electrons. The van der Waals surface area contributed by atoms with Gasteiger partial charge in [-0.1, -0.05) is 0 Å². The van der Waals surface area contributed by atoms with Crippen LogP contribution < -0.4 is 10.6 Å². The molecule has 0 aromatic carbocycles. The minimum atomic E-state index is -0.222. The number of likely N-dealkylation sites (tertiary alicyclic amines) is 1. The molecule has 1 aliphatic heterocycles. The molecule has 3 heterocycles. The average Bonchev–Trinajstić information content (AvgIpc) is 3.46. The standard InChI is InChI=1S/C21H32N6O3/c1-2-29-21(28)26-15-8-18(9-16-26)25-20(23-12-7-19-6-3-17-30-19)22-10-4-13-27-14-5-11-24-27/h3,5-6,11,14,17-18H,2,4,7-10,12-13,15-16H2,1H3,(H2,22,23,25). The Morgan fingerprint density at radius 3 is 2.93 bits per heavy atom. The van der Waals surface area contributed by atoms with Crippen LogP contribution in [-0.4, -0.2) is 65.6 Å². The number of carbonyl (C=O) groups excluding carboxylic acids is 1. The minimum absolute atomic E-state index is 0.222. The molecule has 2 aromatic heterocycles. The number of ether oxygens (including phenoxy) is 1. The van der Waals surface area contributed by atoms with Crippen molar-refractivity contribution in [3.8, 4) is 0 Å². The molecule has 0 radical (unpaired) electrons. The summed E-state index contributed by atoms with van der Waals surface area (Å²) in [7, 11) is 0. The van der Waals surface area contributed by atoms with Crippen molar-refractivity contribution in [3.63, 3.8) is 0 Å². The largest absolute Gasteiger partial charge is 0.469 e. The van der Waals surface area contributed by atoms with Gasteiger partial charge in [-0.25, -0.2) is 4.79 Å². The number of nitrogens with zero attached hydrogens (tertiary/aromatic N) is 4. The molecule has 30 heavy (non-hydrogen) atoms. The summed E-state index contributed by atoms with van der Waals surface area (Å²) in [6.45, 7) is 5.90. The van der Waals surface area contributed by atoms with E-state index in [1.165, 1.54) is 0 Å². The lowest BCUT2D eigenvalue weighted by molar-refractivity contribution is 0.0963. The number of nitrogens with one attached hydrogen (secondary N) is 2. The number of furan rings is 1. The molecule has 1 amide bonds. The number of hydrogen-bond acceptors (Lipinski definition) is 5. The zero-order chi connectivity index (χ0) is 21.0. The molecule has 1 saturated heterocycles. The summed E-state index contributed by atoms with van der Waals surface area (Å²) in [6.07, 6.45) is 8.65. The van der Waals surface area contributed by atoms with Gasteiger partial charge in [0.15, 0.2) is 5.96 Å². The summed E-state index contributed by atoms with van der Waals surface area (Å²) in [6, 6.07) is 6.07. The first-order valence-corrected chi connectivity index (χ1v) is 10.7. The maximum Gasteiger partial charge on any atom is 0.409 e. The normalized spacial score (nSPS) is 15.2. The first kappa shape index (κ1) is 21.7. The predicted octanol–water partition coefficient (Wildman–Crippen LogP) is 2.26. The highest BCUT2D eigenvalue weighted by atomic mass is 16.6. The van der Waals surface area contributed by atoms with Gasteiger partial charge in [-0.3, -0.25) is 9.67 Å². The van der Waals surface area contributed by atoms with E-state index in [-0.39, 0.29) is 12.1 Å². The SMILES string of the molecule is CCOC(=O)N1CCC(NC(=NCCCn2cccn2)NCCc2ccco2)CC1. The number of aromatic nitrogens is 2. The van der Waals surface area contributed by atoms with Crippen LogP contribution in [0.25, 0.3) is 0 Å². The van der Waals surface area contributed by atoms with Crippen LogP contribution >= 0.6 is 0 Å². The fourth-order valence-electron chi connectivity index (χ4n) is 3.38. The Kier molecular flexibility index (Phi) is 8.62. The van der Waals surface area contributed by atoms with Crippen molar-refractivity contribution in [3.05, 3.63) is 42.6 Å². The van der Waals surface area contributed by atoms with Crippen LogP contribution in [-0.2, 0) is 17.7 Å². The van der Waals surface area contributed by atoms with E-state index in [0.717, 1.165) is 50.5 Å². The third kappa shape index (κ3) is 7.13. The summed E-state index contributed by atoms with van der Waals surface area (Å²) in [5.41, 5.74) is 0. The number of amides is 1. The first-order chi connectivity index (χ1) is 14.7. The van der Waals surface area contributed by atoms with Crippen LogP contribution in [0.15, 0.2) is 46.3 Å². The lowest BCUT2D eigenvalue weighted by Gasteiger charge is -2.32. The van der Waals surface area contributed by atoms with E-state index in [2.05, 4.69) is 15.7 Å². The van der Waals surface area contributed by atoms with Gasteiger partial charge in [-0.2, -0.15) is 5.10 Å². The summed E-state index contributed by atoms with van der Waals surface area (Å²) < 4.78 is 12.4. The predicted molar refractivity (Wildman–Crippen MR) is 114 cm³/mol. The molecule has 0 atom stereocenters. The number of hydrogen-bond donors (Lipinski definition) is 2. The van der Waals surface area contributed by atoms with Crippen LogP contribution in [0.5, 0.6) is 0 Å². The van der Waals surface area contributed by atoms with Crippen molar-refractivity contribution < 1.29 is 13.9 Å². The summed E-state index contributed by atoms with van der Waals surface area (Å²) in [5, 5.41) is 11.2. The Balaban J connectivity index is 1.46. The van der Waals surface area contributed by atoms with Gasteiger partial charge >= 0.3 is 6.09 Å². The molecular weight excluding hydrogens is 384 g/mol. The lowest BCUT2D eigenvalue weighted by atomic mass is 10.1. The molecule has 0 spiro atoms. The summed E-state index contributed by atoms with van der Waals surface area (Å²) in [5.74, 6) is 1.75. The highest BCUT2D eigenvalue weighted by Crippen LogP contribution is 2.11. The quantitative estimate of drug-likeness (QED) is 0.370. The summed E-state index contributed by atoms with van der Waals surface area (Å²) >= 11 is 0. The molecule has 0 bridgehead atoms. The summed E-state index contributed by atoms with van der Waals surface area (Å²) in [4.78, 5) is 18.4. The third-order valence-electron chi connectivity index (χ3n) is 4.98. The van der Waals surface area contributed by atoms with Crippen LogP contribution in [0.1, 0.15) is 31.9 Å². The zero-order valence-corrected chi connectivity index (χ0v) is 17.6. The minimum Gasteiger partial charge on any atom is -0.469 e. The molecular formula is C21H32N6O3. The molecule has 2 aromatic rings. The Hall–Kier alpha value is -2.97. The van der Waals surface area contributed by atoms with Gasteiger partial charge in [-0.15, -0.1) is 0 Å². The molecule has 9 nitrogen and oxygen atoms in total. The second-order valence-corrected chi connectivity index (χ2v) is 7.21. The maximum atomic E-state index is 11.9. The second kappa shape index (κ2) is 11.9. The Morgan fingerprint density at radius 2 is 2.23 bits per heavy atom. The smallest absolute Gasteiger partial charge is 0.409 e. The topological polar surface area (TPSA) is 96.9 Å². The molecule has 0 unspecified atom stereocenters. The van der Waals surface area contributed by atoms with Gasteiger partial charge in [0.1, 0.15) is 5.76 Å². The van der Waals surface area contributed by atoms with E-state index in [9.17, 15) is 4.79 Å². The molecule has 1 fully saturated rings. The number of rotatable bonds is 9. The van der Waals surface area contributed by atoms with Crippen LogP contribution in [0.4, 0.5) is 4.79 Å². The van der Waals surface area contributed by atoms with E-state index in [0.29, 0.717) is 26.2 Å². The number of aliphatic imine (C=N–C) groups is 1. The maximum absolute atomic E-state index is 11.9. The molecule has 9 heteroatoms. The van der Waals surface area contributed by atoms with Crippen LogP contribution in [0, 0.1) is 0 Å².